The van der Waals surface area contributed by atoms with Crippen molar-refractivity contribution in [3.8, 4) is 0 Å². The Labute approximate surface area is 82.9 Å². The molecule has 0 aliphatic rings. The standard InChI is InChI=1S/C8H7F3N2O2/c1-12-6-4-2-3-5(8(9,10)11)7(6)13(14)15/h2-4,12H,1H3. The van der Waals surface area contributed by atoms with Crippen LogP contribution in [0.1, 0.15) is 5.56 Å². The van der Waals surface area contributed by atoms with Gasteiger partial charge in [-0.1, -0.05) is 6.07 Å². The third-order valence-electron chi connectivity index (χ3n) is 1.79. The van der Waals surface area contributed by atoms with E-state index in [0.717, 1.165) is 6.07 Å². The number of hydrogen-bond donors (Lipinski definition) is 1. The molecule has 0 aliphatic heterocycles. The first-order chi connectivity index (χ1) is 6.88. The van der Waals surface area contributed by atoms with Crippen molar-refractivity contribution in [3.05, 3.63) is 33.9 Å². The lowest BCUT2D eigenvalue weighted by atomic mass is 10.1. The fraction of sp³-hybridized carbons (Fsp3) is 0.250. The van der Waals surface area contributed by atoms with Crippen molar-refractivity contribution < 1.29 is 18.1 Å². The molecular weight excluding hydrogens is 213 g/mol. The van der Waals surface area contributed by atoms with Gasteiger partial charge in [-0.3, -0.25) is 10.1 Å². The van der Waals surface area contributed by atoms with Gasteiger partial charge in [0.15, 0.2) is 0 Å². The number of nitro groups is 1. The molecule has 0 amide bonds. The largest absolute Gasteiger partial charge is 0.423 e. The maximum absolute atomic E-state index is 12.4. The molecule has 0 spiro atoms. The number of halogens is 3. The molecule has 1 aromatic rings. The number of anilines is 1. The van der Waals surface area contributed by atoms with Crippen LogP contribution in [0.25, 0.3) is 0 Å². The summed E-state index contributed by atoms with van der Waals surface area (Å²) in [5.41, 5.74) is -2.36. The zero-order chi connectivity index (χ0) is 11.6. The van der Waals surface area contributed by atoms with Crippen LogP contribution in [-0.4, -0.2) is 12.0 Å². The molecule has 0 atom stereocenters. The minimum Gasteiger partial charge on any atom is -0.383 e. The molecule has 1 aromatic carbocycles. The van der Waals surface area contributed by atoms with Crippen LogP contribution < -0.4 is 5.32 Å². The number of alkyl halides is 3. The third-order valence-corrected chi connectivity index (χ3v) is 1.79. The summed E-state index contributed by atoms with van der Waals surface area (Å²) in [6, 6.07) is 3.01. The van der Waals surface area contributed by atoms with Gasteiger partial charge in [0.05, 0.1) is 4.92 Å². The van der Waals surface area contributed by atoms with Gasteiger partial charge in [0.25, 0.3) is 0 Å². The molecule has 0 fully saturated rings. The monoisotopic (exact) mass is 220 g/mol. The molecule has 0 heterocycles. The fourth-order valence-corrected chi connectivity index (χ4v) is 1.17. The molecule has 1 rings (SSSR count). The van der Waals surface area contributed by atoms with Crippen molar-refractivity contribution in [2.45, 2.75) is 6.18 Å². The topological polar surface area (TPSA) is 55.2 Å². The first-order valence-electron chi connectivity index (χ1n) is 3.90. The Morgan fingerprint density at radius 3 is 2.40 bits per heavy atom. The minimum atomic E-state index is -4.73. The van der Waals surface area contributed by atoms with Crippen molar-refractivity contribution in [1.29, 1.82) is 0 Å². The third kappa shape index (κ3) is 2.17. The zero-order valence-corrected chi connectivity index (χ0v) is 7.63. The molecule has 15 heavy (non-hydrogen) atoms. The summed E-state index contributed by atoms with van der Waals surface area (Å²) in [5, 5.41) is 12.9. The molecule has 0 saturated heterocycles. The van der Waals surface area contributed by atoms with E-state index in [1.54, 1.807) is 0 Å². The summed E-state index contributed by atoms with van der Waals surface area (Å²) in [5.74, 6) is 0. The Morgan fingerprint density at radius 2 is 2.00 bits per heavy atom. The highest BCUT2D eigenvalue weighted by atomic mass is 19.4. The van der Waals surface area contributed by atoms with E-state index in [9.17, 15) is 23.3 Å². The molecule has 0 radical (unpaired) electrons. The lowest BCUT2D eigenvalue weighted by molar-refractivity contribution is -0.387. The van der Waals surface area contributed by atoms with Gasteiger partial charge in [0.1, 0.15) is 11.3 Å². The fourth-order valence-electron chi connectivity index (χ4n) is 1.17. The van der Waals surface area contributed by atoms with E-state index in [0.29, 0.717) is 6.07 Å². The van der Waals surface area contributed by atoms with Crippen LogP contribution in [0.3, 0.4) is 0 Å². The van der Waals surface area contributed by atoms with E-state index in [1.807, 2.05) is 0 Å². The molecule has 0 saturated carbocycles. The Kier molecular flexibility index (Phi) is 2.83. The second-order valence-electron chi connectivity index (χ2n) is 2.71. The molecule has 1 N–H and O–H groups in total. The summed E-state index contributed by atoms with van der Waals surface area (Å²) in [4.78, 5) is 9.47. The molecule has 0 unspecified atom stereocenters. The van der Waals surface area contributed by atoms with E-state index in [-0.39, 0.29) is 5.69 Å². The second kappa shape index (κ2) is 3.76. The molecule has 0 aliphatic carbocycles. The van der Waals surface area contributed by atoms with Gasteiger partial charge >= 0.3 is 11.9 Å². The number of nitro benzene ring substituents is 1. The first kappa shape index (κ1) is 11.3. The number of rotatable bonds is 2. The lowest BCUT2D eigenvalue weighted by Crippen LogP contribution is -2.10. The Balaban J connectivity index is 3.46. The van der Waals surface area contributed by atoms with Gasteiger partial charge in [-0.2, -0.15) is 13.2 Å². The Bertz CT molecular complexity index is 390. The van der Waals surface area contributed by atoms with Crippen LogP contribution in [0.4, 0.5) is 24.5 Å². The van der Waals surface area contributed by atoms with Crippen molar-refractivity contribution in [2.24, 2.45) is 0 Å². The highest BCUT2D eigenvalue weighted by molar-refractivity contribution is 5.65. The predicted octanol–water partition coefficient (Wildman–Crippen LogP) is 2.66. The molecule has 82 valence electrons. The van der Waals surface area contributed by atoms with Gasteiger partial charge < -0.3 is 5.32 Å². The Hall–Kier alpha value is -1.79. The SMILES string of the molecule is CNc1cccc(C(F)(F)F)c1[N+](=O)[O-]. The Morgan fingerprint density at radius 1 is 1.40 bits per heavy atom. The van der Waals surface area contributed by atoms with E-state index >= 15 is 0 Å². The average Bonchev–Trinajstić information content (AvgIpc) is 2.15. The molecule has 0 aromatic heterocycles. The summed E-state index contributed by atoms with van der Waals surface area (Å²) < 4.78 is 37.2. The number of para-hydroxylation sites is 1. The van der Waals surface area contributed by atoms with Crippen molar-refractivity contribution in [2.75, 3.05) is 12.4 Å². The number of nitrogens with one attached hydrogen (secondary N) is 1. The van der Waals surface area contributed by atoms with Crippen LogP contribution in [0, 0.1) is 10.1 Å². The maximum Gasteiger partial charge on any atom is 0.423 e. The van der Waals surface area contributed by atoms with E-state index in [4.69, 9.17) is 0 Å². The van der Waals surface area contributed by atoms with Crippen molar-refractivity contribution >= 4 is 11.4 Å². The van der Waals surface area contributed by atoms with Gasteiger partial charge in [-0.25, -0.2) is 0 Å². The number of benzene rings is 1. The van der Waals surface area contributed by atoms with Crippen LogP contribution in [0.2, 0.25) is 0 Å². The average molecular weight is 220 g/mol. The smallest absolute Gasteiger partial charge is 0.383 e. The normalized spacial score (nSPS) is 11.2. The van der Waals surface area contributed by atoms with Crippen molar-refractivity contribution in [1.82, 2.24) is 0 Å². The van der Waals surface area contributed by atoms with Crippen LogP contribution >= 0.6 is 0 Å². The molecular formula is C8H7F3N2O2. The van der Waals surface area contributed by atoms with E-state index in [1.165, 1.54) is 13.1 Å². The van der Waals surface area contributed by atoms with Gasteiger partial charge in [-0.15, -0.1) is 0 Å². The second-order valence-corrected chi connectivity index (χ2v) is 2.71. The van der Waals surface area contributed by atoms with E-state index < -0.39 is 22.4 Å². The van der Waals surface area contributed by atoms with Crippen LogP contribution in [-0.2, 0) is 6.18 Å². The first-order valence-corrected chi connectivity index (χ1v) is 3.90. The van der Waals surface area contributed by atoms with Crippen LogP contribution in [0.5, 0.6) is 0 Å². The molecule has 4 nitrogen and oxygen atoms in total. The zero-order valence-electron chi connectivity index (χ0n) is 7.63. The molecule has 7 heteroatoms. The van der Waals surface area contributed by atoms with Crippen LogP contribution in [0.15, 0.2) is 18.2 Å². The highest BCUT2D eigenvalue weighted by Gasteiger charge is 2.39. The van der Waals surface area contributed by atoms with E-state index in [2.05, 4.69) is 5.32 Å². The summed E-state index contributed by atoms with van der Waals surface area (Å²) in [6.45, 7) is 0. The summed E-state index contributed by atoms with van der Waals surface area (Å²) >= 11 is 0. The minimum absolute atomic E-state index is 0.158. The van der Waals surface area contributed by atoms with Crippen molar-refractivity contribution in [3.63, 3.8) is 0 Å². The number of hydrogen-bond acceptors (Lipinski definition) is 3. The van der Waals surface area contributed by atoms with Gasteiger partial charge in [-0.05, 0) is 12.1 Å². The predicted molar refractivity (Wildman–Crippen MR) is 47.6 cm³/mol. The van der Waals surface area contributed by atoms with Gasteiger partial charge in [0.2, 0.25) is 0 Å². The van der Waals surface area contributed by atoms with Gasteiger partial charge in [0, 0.05) is 7.05 Å². The highest BCUT2D eigenvalue weighted by Crippen LogP contribution is 2.39. The molecule has 0 bridgehead atoms. The lowest BCUT2D eigenvalue weighted by Gasteiger charge is -2.09. The summed E-state index contributed by atoms with van der Waals surface area (Å²) in [6.07, 6.45) is -4.73. The maximum atomic E-state index is 12.4. The summed E-state index contributed by atoms with van der Waals surface area (Å²) in [7, 11) is 1.32. The number of nitrogens with zero attached hydrogens (tertiary/aromatic N) is 1. The quantitative estimate of drug-likeness (QED) is 0.615.